The van der Waals surface area contributed by atoms with Crippen molar-refractivity contribution in [2.75, 3.05) is 30.5 Å². The molecule has 0 fully saturated rings. The molecule has 0 aromatic carbocycles. The molecule has 0 spiro atoms. The first kappa shape index (κ1) is 15.3. The highest BCUT2D eigenvalue weighted by Gasteiger charge is 2.07. The summed E-state index contributed by atoms with van der Waals surface area (Å²) in [6, 6.07) is 0.275. The third-order valence-electron chi connectivity index (χ3n) is 2.08. The van der Waals surface area contributed by atoms with E-state index in [-0.39, 0.29) is 11.3 Å². The van der Waals surface area contributed by atoms with Crippen LogP contribution in [0.3, 0.4) is 0 Å². The lowest BCUT2D eigenvalue weighted by Crippen LogP contribution is -2.15. The van der Waals surface area contributed by atoms with Gasteiger partial charge in [0.1, 0.15) is 0 Å². The summed E-state index contributed by atoms with van der Waals surface area (Å²) < 4.78 is 5.34. The zero-order valence-corrected chi connectivity index (χ0v) is 12.5. The lowest BCUT2D eigenvalue weighted by molar-refractivity contribution is 0.291. The minimum absolute atomic E-state index is 0.149. The third-order valence-corrected chi connectivity index (χ3v) is 3.15. The predicted molar refractivity (Wildman–Crippen MR) is 76.7 cm³/mol. The lowest BCUT2D eigenvalue weighted by atomic mass is 10.2. The quantitative estimate of drug-likeness (QED) is 0.794. The monoisotopic (exact) mass is 290 g/mol. The fourth-order valence-electron chi connectivity index (χ4n) is 1.28. The summed E-state index contributed by atoms with van der Waals surface area (Å²) in [5.74, 6) is 2.09. The van der Waals surface area contributed by atoms with E-state index in [1.165, 1.54) is 0 Å². The average Bonchev–Trinajstić information content (AvgIpc) is 2.34. The van der Waals surface area contributed by atoms with Crippen LogP contribution in [0.2, 0.25) is 5.28 Å². The Labute approximate surface area is 117 Å². The molecule has 0 radical (unpaired) electrons. The molecular weight excluding hydrogens is 272 g/mol. The van der Waals surface area contributed by atoms with Crippen LogP contribution in [0, 0.1) is 5.92 Å². The van der Waals surface area contributed by atoms with E-state index < -0.39 is 0 Å². The van der Waals surface area contributed by atoms with Crippen LogP contribution >= 0.6 is 23.4 Å². The summed E-state index contributed by atoms with van der Waals surface area (Å²) in [5.41, 5.74) is 0. The number of nitrogens with one attached hydrogen (secondary N) is 1. The smallest absolute Gasteiger partial charge is 0.322 e. The Morgan fingerprint density at radius 2 is 2.17 bits per heavy atom. The Morgan fingerprint density at radius 3 is 2.83 bits per heavy atom. The lowest BCUT2D eigenvalue weighted by Gasteiger charge is -2.11. The van der Waals surface area contributed by atoms with Crippen molar-refractivity contribution in [3.63, 3.8) is 0 Å². The molecule has 1 aromatic rings. The summed E-state index contributed by atoms with van der Waals surface area (Å²) >= 11 is 7.64. The Balaban J connectivity index is 2.56. The first-order valence-corrected chi connectivity index (χ1v) is 7.70. The van der Waals surface area contributed by atoms with E-state index >= 15 is 0 Å². The second kappa shape index (κ2) is 8.37. The number of aromatic nitrogens is 3. The molecule has 1 unspecified atom stereocenters. The number of ether oxygens (including phenoxy) is 1. The van der Waals surface area contributed by atoms with Crippen molar-refractivity contribution in [2.24, 2.45) is 5.92 Å². The molecule has 5 nitrogen and oxygen atoms in total. The van der Waals surface area contributed by atoms with Crippen LogP contribution in [-0.4, -0.2) is 40.1 Å². The maximum atomic E-state index is 5.82. The van der Waals surface area contributed by atoms with Gasteiger partial charge in [0.25, 0.3) is 0 Å². The van der Waals surface area contributed by atoms with E-state index in [9.17, 15) is 0 Å². The molecule has 0 saturated heterocycles. The van der Waals surface area contributed by atoms with Crippen LogP contribution in [0.15, 0.2) is 0 Å². The fraction of sp³-hybridized carbons (Fsp3) is 0.727. The number of rotatable bonds is 8. The van der Waals surface area contributed by atoms with Crippen LogP contribution in [-0.2, 0) is 0 Å². The molecular formula is C11H19ClN4OS. The number of hydrogen-bond acceptors (Lipinski definition) is 6. The number of nitrogens with zero attached hydrogens (tertiary/aromatic N) is 3. The molecule has 102 valence electrons. The van der Waals surface area contributed by atoms with E-state index in [2.05, 4.69) is 33.4 Å². The van der Waals surface area contributed by atoms with Gasteiger partial charge in [-0.15, -0.1) is 0 Å². The van der Waals surface area contributed by atoms with Crippen LogP contribution in [0.25, 0.3) is 0 Å². The minimum atomic E-state index is 0.149. The van der Waals surface area contributed by atoms with Crippen LogP contribution in [0.5, 0.6) is 6.01 Å². The Bertz CT molecular complexity index is 367. The Kier molecular flexibility index (Phi) is 7.12. The largest absolute Gasteiger partial charge is 0.463 e. The van der Waals surface area contributed by atoms with Crippen molar-refractivity contribution in [3.05, 3.63) is 5.28 Å². The molecule has 0 saturated carbocycles. The van der Waals surface area contributed by atoms with Gasteiger partial charge in [-0.25, -0.2) is 0 Å². The normalized spacial score (nSPS) is 12.2. The highest BCUT2D eigenvalue weighted by molar-refractivity contribution is 7.98. The van der Waals surface area contributed by atoms with Gasteiger partial charge in [0.2, 0.25) is 11.2 Å². The Morgan fingerprint density at radius 1 is 1.39 bits per heavy atom. The first-order valence-electron chi connectivity index (χ1n) is 5.92. The maximum absolute atomic E-state index is 5.82. The van der Waals surface area contributed by atoms with Crippen LogP contribution in [0.1, 0.15) is 20.3 Å². The zero-order valence-electron chi connectivity index (χ0n) is 10.9. The summed E-state index contributed by atoms with van der Waals surface area (Å²) in [6.07, 6.45) is 2.99. The van der Waals surface area contributed by atoms with Gasteiger partial charge in [-0.1, -0.05) is 13.8 Å². The zero-order chi connectivity index (χ0) is 13.4. The van der Waals surface area contributed by atoms with E-state index in [4.69, 9.17) is 16.3 Å². The summed E-state index contributed by atoms with van der Waals surface area (Å²) in [7, 11) is 0. The fourth-order valence-corrected chi connectivity index (χ4v) is 2.12. The molecule has 0 amide bonds. The van der Waals surface area contributed by atoms with E-state index in [0.717, 1.165) is 18.7 Å². The van der Waals surface area contributed by atoms with E-state index in [1.54, 1.807) is 0 Å². The van der Waals surface area contributed by atoms with Crippen molar-refractivity contribution >= 4 is 29.3 Å². The average molecular weight is 291 g/mol. The number of halogens is 1. The second-order valence-corrected chi connectivity index (χ2v) is 5.25. The van der Waals surface area contributed by atoms with Crippen LogP contribution < -0.4 is 10.1 Å². The van der Waals surface area contributed by atoms with Gasteiger partial charge in [0.15, 0.2) is 0 Å². The van der Waals surface area contributed by atoms with Gasteiger partial charge < -0.3 is 10.1 Å². The van der Waals surface area contributed by atoms with Gasteiger partial charge in [0.05, 0.1) is 6.61 Å². The SMILES string of the molecule is CCCOc1nc(Cl)nc(NCC(C)CSC)n1. The van der Waals surface area contributed by atoms with Gasteiger partial charge in [0, 0.05) is 6.54 Å². The van der Waals surface area contributed by atoms with Gasteiger partial charge in [-0.3, -0.25) is 0 Å². The van der Waals surface area contributed by atoms with Crippen molar-refractivity contribution in [1.29, 1.82) is 0 Å². The minimum Gasteiger partial charge on any atom is -0.463 e. The maximum Gasteiger partial charge on any atom is 0.322 e. The molecule has 1 N–H and O–H groups in total. The third kappa shape index (κ3) is 5.73. The Hall–Kier alpha value is -0.750. The number of thioether (sulfide) groups is 1. The van der Waals surface area contributed by atoms with Crippen LogP contribution in [0.4, 0.5) is 5.95 Å². The van der Waals surface area contributed by atoms with E-state index in [0.29, 0.717) is 18.5 Å². The molecule has 1 aromatic heterocycles. The van der Waals surface area contributed by atoms with Gasteiger partial charge >= 0.3 is 6.01 Å². The summed E-state index contributed by atoms with van der Waals surface area (Å²) in [6.45, 7) is 5.56. The molecule has 0 aliphatic heterocycles. The van der Waals surface area contributed by atoms with Crippen molar-refractivity contribution in [2.45, 2.75) is 20.3 Å². The number of anilines is 1. The molecule has 1 heterocycles. The topological polar surface area (TPSA) is 59.9 Å². The molecule has 1 atom stereocenters. The molecule has 0 bridgehead atoms. The summed E-state index contributed by atoms with van der Waals surface area (Å²) in [5, 5.41) is 3.30. The molecule has 0 aliphatic carbocycles. The highest BCUT2D eigenvalue weighted by atomic mass is 35.5. The standard InChI is InChI=1S/C11H19ClN4OS/c1-4-5-17-11-15-9(12)14-10(16-11)13-6-8(2)7-18-3/h8H,4-7H2,1-3H3,(H,13,14,15,16). The molecule has 0 aliphatic rings. The van der Waals surface area contributed by atoms with Gasteiger partial charge in [-0.05, 0) is 35.9 Å². The van der Waals surface area contributed by atoms with Crippen molar-refractivity contribution in [1.82, 2.24) is 15.0 Å². The molecule has 1 rings (SSSR count). The predicted octanol–water partition coefficient (Wildman–Crippen LogP) is 2.72. The van der Waals surface area contributed by atoms with Gasteiger partial charge in [-0.2, -0.15) is 26.7 Å². The van der Waals surface area contributed by atoms with E-state index in [1.807, 2.05) is 18.7 Å². The van der Waals surface area contributed by atoms with Crippen molar-refractivity contribution < 1.29 is 4.74 Å². The molecule has 18 heavy (non-hydrogen) atoms. The summed E-state index contributed by atoms with van der Waals surface area (Å²) in [4.78, 5) is 12.1. The van der Waals surface area contributed by atoms with Crippen molar-refractivity contribution in [3.8, 4) is 6.01 Å². The highest BCUT2D eigenvalue weighted by Crippen LogP contribution is 2.12. The number of hydrogen-bond donors (Lipinski definition) is 1. The first-order chi connectivity index (χ1) is 8.65. The second-order valence-electron chi connectivity index (χ2n) is 4.00. The molecule has 7 heteroatoms.